The molecule has 0 radical (unpaired) electrons. The van der Waals surface area contributed by atoms with E-state index in [-0.39, 0.29) is 0 Å². The van der Waals surface area contributed by atoms with Gasteiger partial charge in [-0.25, -0.2) is 0 Å². The van der Waals surface area contributed by atoms with E-state index < -0.39 is 74.6 Å². The average molecular weight is 341 g/mol. The van der Waals surface area contributed by atoms with Crippen molar-refractivity contribution in [3.05, 3.63) is 0 Å². The highest BCUT2D eigenvalue weighted by Gasteiger charge is 2.49. The summed E-state index contributed by atoms with van der Waals surface area (Å²) in [5, 5.41) is 67.3. The highest BCUT2D eigenvalue weighted by Crippen LogP contribution is 2.27. The molecular weight excluding hydrogens is 318 g/mol. The lowest BCUT2D eigenvalue weighted by atomic mass is 9.96. The van der Waals surface area contributed by atoms with Gasteiger partial charge < -0.3 is 55.7 Å². The van der Waals surface area contributed by atoms with Crippen LogP contribution in [0, 0.1) is 0 Å². The van der Waals surface area contributed by atoms with Gasteiger partial charge in [0.05, 0.1) is 19.3 Å². The second-order valence-electron chi connectivity index (χ2n) is 5.61. The van der Waals surface area contributed by atoms with Gasteiger partial charge in [-0.15, -0.1) is 0 Å². The van der Waals surface area contributed by atoms with E-state index in [0.29, 0.717) is 0 Å². The summed E-state index contributed by atoms with van der Waals surface area (Å²) in [6.07, 6.45) is -13.0. The van der Waals surface area contributed by atoms with Crippen molar-refractivity contribution in [1.29, 1.82) is 0 Å². The Morgan fingerprint density at radius 3 is 1.96 bits per heavy atom. The van der Waals surface area contributed by atoms with Gasteiger partial charge >= 0.3 is 0 Å². The summed E-state index contributed by atoms with van der Waals surface area (Å²) in [6, 6.07) is -1.23. The van der Waals surface area contributed by atoms with Gasteiger partial charge in [-0.3, -0.25) is 0 Å². The summed E-state index contributed by atoms with van der Waals surface area (Å²) in [5.41, 5.74) is 5.55. The Kier molecular flexibility index (Phi) is 6.27. The van der Waals surface area contributed by atoms with Crippen LogP contribution in [-0.2, 0) is 14.2 Å². The average Bonchev–Trinajstić information content (AvgIpc) is 2.55. The van der Waals surface area contributed by atoms with Gasteiger partial charge in [-0.2, -0.15) is 0 Å². The molecule has 2 aliphatic rings. The zero-order chi connectivity index (χ0) is 17.3. The SMILES string of the molecule is NC1C(O)[C@@H](O[C@@H]2OC(CO)[C@H](O)C(O)C2O)C(CO)O[C@H]1O. The zero-order valence-corrected chi connectivity index (χ0v) is 12.1. The van der Waals surface area contributed by atoms with Crippen molar-refractivity contribution >= 4 is 0 Å². The van der Waals surface area contributed by atoms with Crippen LogP contribution in [0.2, 0.25) is 0 Å². The topological polar surface area (TPSA) is 195 Å². The Hall–Kier alpha value is -0.440. The van der Waals surface area contributed by atoms with Crippen molar-refractivity contribution in [2.45, 2.75) is 61.3 Å². The Morgan fingerprint density at radius 2 is 1.39 bits per heavy atom. The van der Waals surface area contributed by atoms with Crippen molar-refractivity contribution in [2.75, 3.05) is 13.2 Å². The van der Waals surface area contributed by atoms with Gasteiger partial charge in [0.25, 0.3) is 0 Å². The first kappa shape index (κ1) is 18.9. The van der Waals surface area contributed by atoms with E-state index in [0.717, 1.165) is 0 Å². The third-order valence-corrected chi connectivity index (χ3v) is 4.06. The first-order chi connectivity index (χ1) is 10.8. The van der Waals surface area contributed by atoms with Crippen LogP contribution in [0.15, 0.2) is 0 Å². The summed E-state index contributed by atoms with van der Waals surface area (Å²) in [7, 11) is 0. The van der Waals surface area contributed by atoms with Crippen molar-refractivity contribution < 1.29 is 50.0 Å². The lowest BCUT2D eigenvalue weighted by Gasteiger charge is -2.45. The number of aliphatic hydroxyl groups is 7. The second-order valence-corrected chi connectivity index (χ2v) is 5.61. The molecular formula is C12H23NO10. The molecule has 0 aliphatic carbocycles. The van der Waals surface area contributed by atoms with Crippen molar-refractivity contribution in [3.63, 3.8) is 0 Å². The largest absolute Gasteiger partial charge is 0.394 e. The maximum Gasteiger partial charge on any atom is 0.187 e. The Labute approximate surface area is 131 Å². The molecule has 0 aromatic carbocycles. The lowest BCUT2D eigenvalue weighted by molar-refractivity contribution is -0.344. The van der Waals surface area contributed by atoms with E-state index in [4.69, 9.17) is 25.1 Å². The predicted molar refractivity (Wildman–Crippen MR) is 70.6 cm³/mol. The smallest absolute Gasteiger partial charge is 0.187 e. The number of nitrogens with two attached hydrogens (primary N) is 1. The second kappa shape index (κ2) is 7.63. The molecule has 2 saturated heterocycles. The highest BCUT2D eigenvalue weighted by atomic mass is 16.7. The van der Waals surface area contributed by atoms with Crippen LogP contribution in [0.5, 0.6) is 0 Å². The summed E-state index contributed by atoms with van der Waals surface area (Å²) in [6.45, 7) is -1.26. The Morgan fingerprint density at radius 1 is 0.783 bits per heavy atom. The highest BCUT2D eigenvalue weighted by molar-refractivity contribution is 4.94. The standard InChI is InChI=1S/C12H23NO10/c13-5-7(17)10(4(2-15)21-11(5)20)23-12-9(19)8(18)6(16)3(1-14)22-12/h3-12,14-20H,1-2,13H2/t3?,4?,5?,6-,7?,8?,9?,10-,11+,12-/m0/s1. The van der Waals surface area contributed by atoms with Crippen LogP contribution in [0.3, 0.4) is 0 Å². The number of ether oxygens (including phenoxy) is 3. The molecule has 0 spiro atoms. The maximum atomic E-state index is 10.1. The molecule has 0 bridgehead atoms. The van der Waals surface area contributed by atoms with Crippen LogP contribution in [0.25, 0.3) is 0 Å². The van der Waals surface area contributed by atoms with Gasteiger partial charge in [0.15, 0.2) is 12.6 Å². The molecule has 11 heteroatoms. The molecule has 0 amide bonds. The van der Waals surface area contributed by atoms with Crippen molar-refractivity contribution in [1.82, 2.24) is 0 Å². The summed E-state index contributed by atoms with van der Waals surface area (Å²) >= 11 is 0. The van der Waals surface area contributed by atoms with Crippen LogP contribution in [0.4, 0.5) is 0 Å². The van der Waals surface area contributed by atoms with Crippen molar-refractivity contribution in [2.24, 2.45) is 5.73 Å². The molecule has 2 fully saturated rings. The Bertz CT molecular complexity index is 383. The van der Waals surface area contributed by atoms with Gasteiger partial charge in [0, 0.05) is 0 Å². The first-order valence-electron chi connectivity index (χ1n) is 7.15. The van der Waals surface area contributed by atoms with Gasteiger partial charge in [0.1, 0.15) is 42.7 Å². The normalized spacial score (nSPS) is 51.7. The molecule has 2 heterocycles. The number of hydrogen-bond acceptors (Lipinski definition) is 11. The molecule has 0 saturated carbocycles. The number of rotatable bonds is 4. The fourth-order valence-corrected chi connectivity index (χ4v) is 2.60. The first-order valence-corrected chi connectivity index (χ1v) is 7.15. The fraction of sp³-hybridized carbons (Fsp3) is 1.00. The van der Waals surface area contributed by atoms with Gasteiger partial charge in [0.2, 0.25) is 0 Å². The quantitative estimate of drug-likeness (QED) is 0.243. The minimum Gasteiger partial charge on any atom is -0.394 e. The van der Waals surface area contributed by atoms with E-state index in [9.17, 15) is 30.6 Å². The maximum absolute atomic E-state index is 10.1. The van der Waals surface area contributed by atoms with Gasteiger partial charge in [-0.1, -0.05) is 0 Å². The molecule has 9 N–H and O–H groups in total. The lowest BCUT2D eigenvalue weighted by Crippen LogP contribution is -2.66. The minimum atomic E-state index is -1.68. The molecule has 0 aromatic rings. The molecule has 136 valence electrons. The monoisotopic (exact) mass is 341 g/mol. The molecule has 0 aromatic heterocycles. The minimum absolute atomic E-state index is 0.622. The van der Waals surface area contributed by atoms with Crippen LogP contribution < -0.4 is 5.73 Å². The zero-order valence-electron chi connectivity index (χ0n) is 12.1. The summed E-state index contributed by atoms with van der Waals surface area (Å²) < 4.78 is 15.5. The third kappa shape index (κ3) is 3.65. The molecule has 23 heavy (non-hydrogen) atoms. The fourth-order valence-electron chi connectivity index (χ4n) is 2.60. The van der Waals surface area contributed by atoms with Crippen LogP contribution in [-0.4, -0.2) is 110 Å². The van der Waals surface area contributed by atoms with Crippen LogP contribution >= 0.6 is 0 Å². The van der Waals surface area contributed by atoms with E-state index in [2.05, 4.69) is 0 Å². The third-order valence-electron chi connectivity index (χ3n) is 4.06. The number of hydrogen-bond donors (Lipinski definition) is 8. The van der Waals surface area contributed by atoms with E-state index >= 15 is 0 Å². The van der Waals surface area contributed by atoms with Crippen molar-refractivity contribution in [3.8, 4) is 0 Å². The molecule has 10 atom stereocenters. The molecule has 2 rings (SSSR count). The van der Waals surface area contributed by atoms with E-state index in [1.54, 1.807) is 0 Å². The molecule has 2 aliphatic heterocycles. The Balaban J connectivity index is 2.11. The summed E-state index contributed by atoms with van der Waals surface area (Å²) in [5.74, 6) is 0. The molecule has 11 nitrogen and oxygen atoms in total. The summed E-state index contributed by atoms with van der Waals surface area (Å²) in [4.78, 5) is 0. The number of aliphatic hydroxyl groups excluding tert-OH is 7. The van der Waals surface area contributed by atoms with E-state index in [1.807, 2.05) is 0 Å². The predicted octanol–water partition coefficient (Wildman–Crippen LogP) is -5.43. The van der Waals surface area contributed by atoms with Gasteiger partial charge in [-0.05, 0) is 0 Å². The molecule has 6 unspecified atom stereocenters. The van der Waals surface area contributed by atoms with Crippen LogP contribution in [0.1, 0.15) is 0 Å². The van der Waals surface area contributed by atoms with E-state index in [1.165, 1.54) is 0 Å².